The molecule has 0 bridgehead atoms. The van der Waals surface area contributed by atoms with Gasteiger partial charge in [0.25, 0.3) is 0 Å². The van der Waals surface area contributed by atoms with E-state index < -0.39 is 5.97 Å². The van der Waals surface area contributed by atoms with Crippen LogP contribution < -0.4 is 5.43 Å². The molecule has 6 heteroatoms. The van der Waals surface area contributed by atoms with E-state index in [0.717, 1.165) is 0 Å². The van der Waals surface area contributed by atoms with Crippen molar-refractivity contribution in [3.05, 3.63) is 75.5 Å². The number of fused-ring (bicyclic) bond motifs is 2. The maximum atomic E-state index is 12.5. The Morgan fingerprint density at radius 1 is 1.19 bits per heavy atom. The number of hydrogen-bond acceptors (Lipinski definition) is 4. The molecule has 0 aliphatic heterocycles. The van der Waals surface area contributed by atoms with E-state index in [1.807, 2.05) is 18.2 Å². The summed E-state index contributed by atoms with van der Waals surface area (Å²) in [5.41, 5.74) is 1.92. The normalized spacial score (nSPS) is 11.2. The molecule has 0 spiro atoms. The number of aromatic nitrogens is 1. The second-order valence-corrected chi connectivity index (χ2v) is 6.17. The fraction of sp³-hybridized carbons (Fsp3) is 0.100. The number of carbonyl (C=O) groups is 1. The summed E-state index contributed by atoms with van der Waals surface area (Å²) in [5, 5.41) is 0.878. The molecular weight excluding hydrogens is 354 g/mol. The molecule has 0 saturated carbocycles. The first-order chi connectivity index (χ1) is 12.6. The lowest BCUT2D eigenvalue weighted by Gasteiger charge is -2.04. The van der Waals surface area contributed by atoms with Crippen molar-refractivity contribution in [2.24, 2.45) is 0 Å². The highest BCUT2D eigenvalue weighted by Gasteiger charge is 2.19. The van der Waals surface area contributed by atoms with Crippen molar-refractivity contribution in [2.75, 3.05) is 6.61 Å². The Labute approximate surface area is 153 Å². The largest absolute Gasteiger partial charge is 0.462 e. The van der Waals surface area contributed by atoms with Crippen LogP contribution in [0.4, 0.5) is 0 Å². The Morgan fingerprint density at radius 3 is 2.85 bits per heavy atom. The summed E-state index contributed by atoms with van der Waals surface area (Å²) in [7, 11) is 0. The Bertz CT molecular complexity index is 1210. The molecule has 3 aromatic heterocycles. The third-order valence-corrected chi connectivity index (χ3v) is 4.35. The summed E-state index contributed by atoms with van der Waals surface area (Å²) in [6.45, 7) is 2.04. The predicted octanol–water partition coefficient (Wildman–Crippen LogP) is 4.54. The first kappa shape index (κ1) is 16.4. The molecule has 0 fully saturated rings. The lowest BCUT2D eigenvalue weighted by Crippen LogP contribution is -2.03. The van der Waals surface area contributed by atoms with Crippen LogP contribution in [-0.2, 0) is 4.74 Å². The molecule has 0 aliphatic carbocycles. The maximum Gasteiger partial charge on any atom is 0.340 e. The number of pyridine rings is 1. The van der Waals surface area contributed by atoms with Gasteiger partial charge >= 0.3 is 5.97 Å². The van der Waals surface area contributed by atoms with Gasteiger partial charge in [0.05, 0.1) is 28.8 Å². The minimum atomic E-state index is -0.419. The molecule has 0 amide bonds. The smallest absolute Gasteiger partial charge is 0.340 e. The van der Waals surface area contributed by atoms with Crippen LogP contribution in [0.5, 0.6) is 0 Å². The SMILES string of the molecule is CCOC(=O)c1cc(-c2cc(=O)c3cc(Cl)ccc3o2)n2ccccc12. The number of halogens is 1. The van der Waals surface area contributed by atoms with E-state index in [-0.39, 0.29) is 12.0 Å². The summed E-state index contributed by atoms with van der Waals surface area (Å²) in [5.74, 6) is -0.0565. The van der Waals surface area contributed by atoms with E-state index in [1.165, 1.54) is 6.07 Å². The molecule has 0 unspecified atom stereocenters. The summed E-state index contributed by atoms with van der Waals surface area (Å²) < 4.78 is 12.8. The molecule has 1 aromatic carbocycles. The highest BCUT2D eigenvalue weighted by atomic mass is 35.5. The van der Waals surface area contributed by atoms with Crippen molar-refractivity contribution < 1.29 is 13.9 Å². The van der Waals surface area contributed by atoms with Gasteiger partial charge < -0.3 is 13.6 Å². The number of benzene rings is 1. The van der Waals surface area contributed by atoms with E-state index in [2.05, 4.69) is 0 Å². The highest BCUT2D eigenvalue weighted by Crippen LogP contribution is 2.28. The molecule has 0 aliphatic rings. The number of nitrogens with zero attached hydrogens (tertiary/aromatic N) is 1. The zero-order valence-corrected chi connectivity index (χ0v) is 14.6. The van der Waals surface area contributed by atoms with E-state index in [0.29, 0.717) is 38.5 Å². The zero-order chi connectivity index (χ0) is 18.3. The topological polar surface area (TPSA) is 60.9 Å². The van der Waals surface area contributed by atoms with Crippen LogP contribution in [0.3, 0.4) is 0 Å². The van der Waals surface area contributed by atoms with Gasteiger partial charge in [0, 0.05) is 17.3 Å². The number of rotatable bonds is 3. The first-order valence-electron chi connectivity index (χ1n) is 8.09. The van der Waals surface area contributed by atoms with Gasteiger partial charge in [-0.25, -0.2) is 4.79 Å². The van der Waals surface area contributed by atoms with Crippen LogP contribution in [0.25, 0.3) is 27.9 Å². The lowest BCUT2D eigenvalue weighted by molar-refractivity contribution is 0.0529. The van der Waals surface area contributed by atoms with Crippen LogP contribution in [0.2, 0.25) is 5.02 Å². The van der Waals surface area contributed by atoms with Crippen LogP contribution in [0, 0.1) is 0 Å². The first-order valence-corrected chi connectivity index (χ1v) is 8.47. The van der Waals surface area contributed by atoms with Gasteiger partial charge in [-0.1, -0.05) is 17.7 Å². The Morgan fingerprint density at radius 2 is 2.04 bits per heavy atom. The molecule has 130 valence electrons. The van der Waals surface area contributed by atoms with Gasteiger partial charge in [-0.2, -0.15) is 0 Å². The van der Waals surface area contributed by atoms with Gasteiger partial charge in [0.2, 0.25) is 0 Å². The van der Waals surface area contributed by atoms with Gasteiger partial charge in [-0.15, -0.1) is 0 Å². The molecule has 5 nitrogen and oxygen atoms in total. The number of esters is 1. The fourth-order valence-electron chi connectivity index (χ4n) is 2.97. The highest BCUT2D eigenvalue weighted by molar-refractivity contribution is 6.31. The lowest BCUT2D eigenvalue weighted by atomic mass is 10.2. The quantitative estimate of drug-likeness (QED) is 0.499. The van der Waals surface area contributed by atoms with Crippen molar-refractivity contribution in [1.29, 1.82) is 0 Å². The van der Waals surface area contributed by atoms with Crippen LogP contribution >= 0.6 is 11.6 Å². The standard InChI is InChI=1S/C20H14ClNO4/c1-2-25-20(24)13-10-16(22-8-4-3-5-15(13)22)19-11-17(23)14-9-12(21)6-7-18(14)26-19/h3-11H,2H2,1H3. The Hall–Kier alpha value is -3.05. The minimum absolute atomic E-state index is 0.202. The van der Waals surface area contributed by atoms with Gasteiger partial charge in [0.1, 0.15) is 5.58 Å². The molecule has 4 aromatic rings. The number of hydrogen-bond donors (Lipinski definition) is 0. The molecule has 0 N–H and O–H groups in total. The van der Waals surface area contributed by atoms with Crippen molar-refractivity contribution in [3.63, 3.8) is 0 Å². The molecule has 3 heterocycles. The van der Waals surface area contributed by atoms with E-state index >= 15 is 0 Å². The maximum absolute atomic E-state index is 12.5. The average Bonchev–Trinajstić information content (AvgIpc) is 3.02. The van der Waals surface area contributed by atoms with Crippen molar-refractivity contribution in [2.45, 2.75) is 6.92 Å². The van der Waals surface area contributed by atoms with E-state index in [9.17, 15) is 9.59 Å². The molecule has 0 radical (unpaired) electrons. The molecular formula is C20H14ClNO4. The van der Waals surface area contributed by atoms with Crippen molar-refractivity contribution in [1.82, 2.24) is 4.40 Å². The predicted molar refractivity (Wildman–Crippen MR) is 99.8 cm³/mol. The van der Waals surface area contributed by atoms with E-state index in [1.54, 1.807) is 41.8 Å². The monoisotopic (exact) mass is 367 g/mol. The van der Waals surface area contributed by atoms with Crippen LogP contribution in [-0.4, -0.2) is 17.0 Å². The summed E-state index contributed by atoms with van der Waals surface area (Å²) in [4.78, 5) is 24.8. The number of carbonyl (C=O) groups excluding carboxylic acids is 1. The van der Waals surface area contributed by atoms with Crippen molar-refractivity contribution >= 4 is 34.1 Å². The van der Waals surface area contributed by atoms with Gasteiger partial charge in [-0.05, 0) is 43.3 Å². The third kappa shape index (κ3) is 2.66. The molecule has 26 heavy (non-hydrogen) atoms. The molecule has 0 atom stereocenters. The van der Waals surface area contributed by atoms with Crippen molar-refractivity contribution in [3.8, 4) is 11.5 Å². The van der Waals surface area contributed by atoms with Crippen LogP contribution in [0.1, 0.15) is 17.3 Å². The Kier molecular flexibility index (Phi) is 4.01. The van der Waals surface area contributed by atoms with Crippen LogP contribution in [0.15, 0.2) is 63.9 Å². The van der Waals surface area contributed by atoms with Gasteiger partial charge in [-0.3, -0.25) is 4.79 Å². The number of ether oxygens (including phenoxy) is 1. The average molecular weight is 368 g/mol. The fourth-order valence-corrected chi connectivity index (χ4v) is 3.14. The Balaban J connectivity index is 1.97. The van der Waals surface area contributed by atoms with Gasteiger partial charge in [0.15, 0.2) is 11.2 Å². The molecule has 0 saturated heterocycles. The summed E-state index contributed by atoms with van der Waals surface area (Å²) >= 11 is 5.96. The summed E-state index contributed by atoms with van der Waals surface area (Å²) in [6, 6.07) is 13.5. The second kappa shape index (κ2) is 6.35. The second-order valence-electron chi connectivity index (χ2n) is 5.73. The van der Waals surface area contributed by atoms with E-state index in [4.69, 9.17) is 20.8 Å². The third-order valence-electron chi connectivity index (χ3n) is 4.11. The minimum Gasteiger partial charge on any atom is -0.462 e. The molecule has 4 rings (SSSR count). The zero-order valence-electron chi connectivity index (χ0n) is 13.9. The summed E-state index contributed by atoms with van der Waals surface area (Å²) in [6.07, 6.45) is 1.81.